The normalized spacial score (nSPS) is 10.5. The van der Waals surface area contributed by atoms with Gasteiger partial charge in [0.15, 0.2) is 0 Å². The van der Waals surface area contributed by atoms with Gasteiger partial charge in [-0.1, -0.05) is 43.3 Å². The molecule has 0 bridgehead atoms. The van der Waals surface area contributed by atoms with Crippen LogP contribution in [0.15, 0.2) is 60.8 Å². The molecule has 156 valence electrons. The lowest BCUT2D eigenvalue weighted by Gasteiger charge is -2.10. The van der Waals surface area contributed by atoms with Gasteiger partial charge in [-0.25, -0.2) is 0 Å². The Labute approximate surface area is 176 Å². The number of methoxy groups -OCH3 is 1. The molecule has 7 nitrogen and oxygen atoms in total. The van der Waals surface area contributed by atoms with Crippen molar-refractivity contribution in [1.29, 1.82) is 0 Å². The molecule has 3 aromatic rings. The molecule has 2 N–H and O–H groups in total. The van der Waals surface area contributed by atoms with Gasteiger partial charge >= 0.3 is 0 Å². The van der Waals surface area contributed by atoms with Gasteiger partial charge in [-0.05, 0) is 30.2 Å². The van der Waals surface area contributed by atoms with E-state index in [-0.39, 0.29) is 11.8 Å². The molecule has 30 heavy (non-hydrogen) atoms. The maximum absolute atomic E-state index is 12.6. The van der Waals surface area contributed by atoms with Crippen molar-refractivity contribution in [2.45, 2.75) is 19.9 Å². The van der Waals surface area contributed by atoms with Gasteiger partial charge in [0, 0.05) is 18.7 Å². The van der Waals surface area contributed by atoms with Crippen LogP contribution in [0.4, 0.5) is 0 Å². The number of hydrogen-bond acceptors (Lipinski definition) is 4. The fourth-order valence-corrected chi connectivity index (χ4v) is 3.18. The van der Waals surface area contributed by atoms with E-state index in [0.29, 0.717) is 42.9 Å². The van der Waals surface area contributed by atoms with Crippen molar-refractivity contribution in [2.75, 3.05) is 20.2 Å². The van der Waals surface area contributed by atoms with Crippen LogP contribution >= 0.6 is 0 Å². The third-order valence-corrected chi connectivity index (χ3v) is 4.73. The Morgan fingerprint density at radius 1 is 1.00 bits per heavy atom. The summed E-state index contributed by atoms with van der Waals surface area (Å²) in [7, 11) is 1.55. The molecule has 0 unspecified atom stereocenters. The molecule has 0 saturated carbocycles. The lowest BCUT2D eigenvalue weighted by Crippen LogP contribution is -2.35. The van der Waals surface area contributed by atoms with Crippen LogP contribution in [-0.4, -0.2) is 41.8 Å². The van der Waals surface area contributed by atoms with Crippen molar-refractivity contribution in [3.8, 4) is 5.75 Å². The molecule has 0 aliphatic rings. The van der Waals surface area contributed by atoms with Crippen LogP contribution in [-0.2, 0) is 13.0 Å². The lowest BCUT2D eigenvalue weighted by atomic mass is 10.1. The molecule has 3 rings (SSSR count). The number of nitrogens with one attached hydrogen (secondary N) is 2. The Balaban J connectivity index is 1.53. The highest BCUT2D eigenvalue weighted by Crippen LogP contribution is 2.13. The van der Waals surface area contributed by atoms with Crippen LogP contribution in [0, 0.1) is 0 Å². The average Bonchev–Trinajstić information content (AvgIpc) is 3.19. The highest BCUT2D eigenvalue weighted by Gasteiger charge is 2.16. The highest BCUT2D eigenvalue weighted by molar-refractivity contribution is 5.95. The van der Waals surface area contributed by atoms with E-state index in [4.69, 9.17) is 4.74 Å². The maximum atomic E-state index is 12.6. The predicted molar refractivity (Wildman–Crippen MR) is 115 cm³/mol. The molecule has 0 aliphatic carbocycles. The van der Waals surface area contributed by atoms with Crippen molar-refractivity contribution in [1.82, 2.24) is 20.4 Å². The summed E-state index contributed by atoms with van der Waals surface area (Å²) in [5.41, 5.74) is 3.09. The topological polar surface area (TPSA) is 85.2 Å². The van der Waals surface area contributed by atoms with Crippen molar-refractivity contribution in [3.63, 3.8) is 0 Å². The number of benzene rings is 2. The molecule has 1 aromatic heterocycles. The van der Waals surface area contributed by atoms with Gasteiger partial charge in [-0.3, -0.25) is 14.3 Å². The molecular formula is C23H26N4O3. The first-order chi connectivity index (χ1) is 14.6. The van der Waals surface area contributed by atoms with Crippen molar-refractivity contribution in [3.05, 3.63) is 83.2 Å². The molecule has 0 atom stereocenters. The van der Waals surface area contributed by atoms with Crippen LogP contribution < -0.4 is 15.4 Å². The van der Waals surface area contributed by atoms with E-state index in [0.717, 1.165) is 11.3 Å². The number of nitrogens with zero attached hydrogens (tertiary/aromatic N) is 2. The number of ether oxygens (including phenoxy) is 1. The van der Waals surface area contributed by atoms with E-state index in [2.05, 4.69) is 15.7 Å². The maximum Gasteiger partial charge on any atom is 0.254 e. The first-order valence-electron chi connectivity index (χ1n) is 9.91. The zero-order valence-electron chi connectivity index (χ0n) is 17.2. The zero-order valence-corrected chi connectivity index (χ0v) is 17.2. The standard InChI is InChI=1S/C23H26N4O3/c1-3-21-20(15-26-27(21)16-17-8-5-4-6-9-17)23(29)25-13-12-24-22(28)18-10-7-11-19(14-18)30-2/h4-11,14-15H,3,12-13,16H2,1-2H3,(H,24,28)(H,25,29). The summed E-state index contributed by atoms with van der Waals surface area (Å²) in [5.74, 6) is 0.213. The minimum absolute atomic E-state index is 0.193. The average molecular weight is 406 g/mol. The smallest absolute Gasteiger partial charge is 0.254 e. The molecule has 0 saturated heterocycles. The van der Waals surface area contributed by atoms with Crippen LogP contribution in [0.1, 0.15) is 38.9 Å². The number of hydrogen-bond donors (Lipinski definition) is 2. The third kappa shape index (κ3) is 5.26. The van der Waals surface area contributed by atoms with E-state index < -0.39 is 0 Å². The molecule has 0 spiro atoms. The second kappa shape index (κ2) is 10.2. The third-order valence-electron chi connectivity index (χ3n) is 4.73. The van der Waals surface area contributed by atoms with E-state index in [9.17, 15) is 9.59 Å². The minimum Gasteiger partial charge on any atom is -0.497 e. The Bertz CT molecular complexity index is 999. The number of carbonyl (C=O) groups excluding carboxylic acids is 2. The quantitative estimate of drug-likeness (QED) is 0.535. The van der Waals surface area contributed by atoms with Gasteiger partial charge in [0.25, 0.3) is 11.8 Å². The molecule has 2 amide bonds. The van der Waals surface area contributed by atoms with Crippen molar-refractivity contribution >= 4 is 11.8 Å². The summed E-state index contributed by atoms with van der Waals surface area (Å²) in [4.78, 5) is 24.8. The molecule has 0 fully saturated rings. The summed E-state index contributed by atoms with van der Waals surface area (Å²) < 4.78 is 6.98. The molecule has 0 aliphatic heterocycles. The van der Waals surface area contributed by atoms with Crippen LogP contribution in [0.3, 0.4) is 0 Å². The molecule has 7 heteroatoms. The molecule has 2 aromatic carbocycles. The van der Waals surface area contributed by atoms with E-state index in [1.807, 2.05) is 41.9 Å². The highest BCUT2D eigenvalue weighted by atomic mass is 16.5. The Morgan fingerprint density at radius 3 is 2.43 bits per heavy atom. The number of carbonyl (C=O) groups is 2. The summed E-state index contributed by atoms with van der Waals surface area (Å²) in [6.07, 6.45) is 2.30. The largest absolute Gasteiger partial charge is 0.497 e. The fourth-order valence-electron chi connectivity index (χ4n) is 3.18. The van der Waals surface area contributed by atoms with Crippen LogP contribution in [0.25, 0.3) is 0 Å². The molecule has 0 radical (unpaired) electrons. The van der Waals surface area contributed by atoms with Gasteiger partial charge in [0.05, 0.1) is 31.1 Å². The minimum atomic E-state index is -0.215. The monoisotopic (exact) mass is 406 g/mol. The van der Waals surface area contributed by atoms with Crippen LogP contribution in [0.5, 0.6) is 5.75 Å². The molecule has 1 heterocycles. The van der Waals surface area contributed by atoms with Crippen molar-refractivity contribution in [2.24, 2.45) is 0 Å². The second-order valence-corrected chi connectivity index (χ2v) is 6.75. The first-order valence-corrected chi connectivity index (χ1v) is 9.91. The van der Waals surface area contributed by atoms with Gasteiger partial charge in [0.2, 0.25) is 0 Å². The SMILES string of the molecule is CCc1c(C(=O)NCCNC(=O)c2cccc(OC)c2)cnn1Cc1ccccc1. The van der Waals surface area contributed by atoms with E-state index in [1.54, 1.807) is 37.6 Å². The summed E-state index contributed by atoms with van der Waals surface area (Å²) in [6, 6.07) is 16.9. The fraction of sp³-hybridized carbons (Fsp3) is 0.261. The number of aromatic nitrogens is 2. The first kappa shape index (κ1) is 21.1. The van der Waals surface area contributed by atoms with Gasteiger partial charge in [-0.15, -0.1) is 0 Å². The summed E-state index contributed by atoms with van der Waals surface area (Å²) in [6.45, 7) is 3.26. The number of rotatable bonds is 9. The van der Waals surface area contributed by atoms with Crippen LogP contribution in [0.2, 0.25) is 0 Å². The summed E-state index contributed by atoms with van der Waals surface area (Å²) >= 11 is 0. The lowest BCUT2D eigenvalue weighted by molar-refractivity contribution is 0.0927. The Morgan fingerprint density at radius 2 is 1.73 bits per heavy atom. The number of amides is 2. The zero-order chi connectivity index (χ0) is 21.3. The van der Waals surface area contributed by atoms with Crippen molar-refractivity contribution < 1.29 is 14.3 Å². The summed E-state index contributed by atoms with van der Waals surface area (Å²) in [5, 5.41) is 10.0. The van der Waals surface area contributed by atoms with Gasteiger partial charge in [-0.2, -0.15) is 5.10 Å². The second-order valence-electron chi connectivity index (χ2n) is 6.75. The Kier molecular flexibility index (Phi) is 7.21. The Hall–Kier alpha value is -3.61. The van der Waals surface area contributed by atoms with Gasteiger partial charge < -0.3 is 15.4 Å². The van der Waals surface area contributed by atoms with Gasteiger partial charge in [0.1, 0.15) is 5.75 Å². The predicted octanol–water partition coefficient (Wildman–Crippen LogP) is 2.66. The molecular weight excluding hydrogens is 380 g/mol. The van der Waals surface area contributed by atoms with E-state index >= 15 is 0 Å². The van der Waals surface area contributed by atoms with E-state index in [1.165, 1.54) is 0 Å².